The van der Waals surface area contributed by atoms with E-state index in [2.05, 4.69) is 10.3 Å². The van der Waals surface area contributed by atoms with Crippen LogP contribution in [0.3, 0.4) is 0 Å². The van der Waals surface area contributed by atoms with Gasteiger partial charge in [-0.05, 0) is 25.0 Å². The zero-order valence-electron chi connectivity index (χ0n) is 15.2. The van der Waals surface area contributed by atoms with Crippen molar-refractivity contribution in [2.75, 3.05) is 6.54 Å². The second kappa shape index (κ2) is 7.64. The molecule has 1 saturated heterocycles. The van der Waals surface area contributed by atoms with Crippen LogP contribution >= 0.6 is 0 Å². The predicted molar refractivity (Wildman–Crippen MR) is 103 cm³/mol. The van der Waals surface area contributed by atoms with Crippen LogP contribution in [0, 0.1) is 0 Å². The first-order valence-corrected chi connectivity index (χ1v) is 9.23. The molecule has 0 saturated carbocycles. The topological polar surface area (TPSA) is 88.3 Å². The number of carbonyl (C=O) groups excluding carboxylic acids is 1. The molecule has 1 unspecified atom stereocenters. The first-order valence-electron chi connectivity index (χ1n) is 9.23. The van der Waals surface area contributed by atoms with Crippen LogP contribution in [-0.2, 0) is 16.0 Å². The first-order chi connectivity index (χ1) is 13.6. The second-order valence-electron chi connectivity index (χ2n) is 6.76. The number of aliphatic carboxylic acids is 1. The van der Waals surface area contributed by atoms with Crippen molar-refractivity contribution in [1.29, 1.82) is 0 Å². The van der Waals surface area contributed by atoms with Crippen LogP contribution in [0.25, 0.3) is 16.9 Å². The van der Waals surface area contributed by atoms with Crippen molar-refractivity contribution in [2.24, 2.45) is 0 Å². The van der Waals surface area contributed by atoms with Crippen molar-refractivity contribution >= 4 is 11.9 Å². The SMILES string of the molecule is O=C(O)C1CCCN1C(=O)Cc1nnn(-c2ccccc2)c1-c1ccccc1. The standard InChI is InChI=1S/C21H20N4O3/c26-19(24-13-7-12-18(24)21(27)28)14-17-20(15-8-3-1-4-9-15)25(23-22-17)16-10-5-2-6-11-16/h1-6,8-11,18H,7,12-14H2,(H,27,28). The van der Waals surface area contributed by atoms with Crippen molar-refractivity contribution in [3.05, 3.63) is 66.4 Å². The van der Waals surface area contributed by atoms with Gasteiger partial charge < -0.3 is 10.0 Å². The first kappa shape index (κ1) is 17.9. The average molecular weight is 376 g/mol. The molecule has 1 aliphatic heterocycles. The third-order valence-corrected chi connectivity index (χ3v) is 4.96. The minimum absolute atomic E-state index is 0.0147. The van der Waals surface area contributed by atoms with E-state index in [-0.39, 0.29) is 12.3 Å². The van der Waals surface area contributed by atoms with Gasteiger partial charge in [-0.1, -0.05) is 53.7 Å². The molecule has 1 aromatic heterocycles. The van der Waals surface area contributed by atoms with Crippen molar-refractivity contribution in [2.45, 2.75) is 25.3 Å². The van der Waals surface area contributed by atoms with E-state index in [0.29, 0.717) is 25.1 Å². The number of aromatic nitrogens is 3. The highest BCUT2D eigenvalue weighted by Crippen LogP contribution is 2.27. The molecule has 1 fully saturated rings. The molecule has 142 valence electrons. The van der Waals surface area contributed by atoms with E-state index in [4.69, 9.17) is 0 Å². The summed E-state index contributed by atoms with van der Waals surface area (Å²) in [5.41, 5.74) is 3.02. The fourth-order valence-corrected chi connectivity index (χ4v) is 3.63. The monoisotopic (exact) mass is 376 g/mol. The second-order valence-corrected chi connectivity index (χ2v) is 6.76. The summed E-state index contributed by atoms with van der Waals surface area (Å²) in [6, 6.07) is 18.5. The molecule has 3 aromatic rings. The van der Waals surface area contributed by atoms with Crippen molar-refractivity contribution in [3.8, 4) is 16.9 Å². The zero-order valence-corrected chi connectivity index (χ0v) is 15.2. The van der Waals surface area contributed by atoms with Crippen molar-refractivity contribution in [3.63, 3.8) is 0 Å². The Labute approximate surface area is 162 Å². The summed E-state index contributed by atoms with van der Waals surface area (Å²) in [5.74, 6) is -1.19. The number of nitrogens with zero attached hydrogens (tertiary/aromatic N) is 4. The lowest BCUT2D eigenvalue weighted by atomic mass is 10.1. The maximum atomic E-state index is 12.8. The van der Waals surface area contributed by atoms with Crippen LogP contribution in [0.2, 0.25) is 0 Å². The summed E-state index contributed by atoms with van der Waals surface area (Å²) >= 11 is 0. The number of hydrogen-bond acceptors (Lipinski definition) is 4. The van der Waals surface area contributed by atoms with Gasteiger partial charge in [-0.25, -0.2) is 9.48 Å². The Morgan fingerprint density at radius 2 is 1.71 bits per heavy atom. The number of amides is 1. The van der Waals surface area contributed by atoms with Gasteiger partial charge >= 0.3 is 5.97 Å². The van der Waals surface area contributed by atoms with Crippen molar-refractivity contribution < 1.29 is 14.7 Å². The molecule has 7 nitrogen and oxygen atoms in total. The largest absolute Gasteiger partial charge is 0.480 e. The number of hydrogen-bond donors (Lipinski definition) is 1. The van der Waals surface area contributed by atoms with Crippen LogP contribution in [0.1, 0.15) is 18.5 Å². The molecule has 2 aromatic carbocycles. The van der Waals surface area contributed by atoms with Gasteiger partial charge in [0.25, 0.3) is 0 Å². The molecule has 28 heavy (non-hydrogen) atoms. The molecule has 0 aliphatic carbocycles. The van der Waals surface area contributed by atoms with E-state index in [1.807, 2.05) is 60.7 Å². The van der Waals surface area contributed by atoms with Crippen LogP contribution in [0.15, 0.2) is 60.7 Å². The van der Waals surface area contributed by atoms with Crippen molar-refractivity contribution in [1.82, 2.24) is 19.9 Å². The van der Waals surface area contributed by atoms with Gasteiger partial charge in [0.05, 0.1) is 17.8 Å². The number of rotatable bonds is 5. The molecule has 0 radical (unpaired) electrons. The zero-order chi connectivity index (χ0) is 19.5. The molecule has 1 N–H and O–H groups in total. The van der Waals surface area contributed by atoms with Crippen LogP contribution in [0.5, 0.6) is 0 Å². The van der Waals surface area contributed by atoms with E-state index in [0.717, 1.165) is 16.9 Å². The summed E-state index contributed by atoms with van der Waals surface area (Å²) in [7, 11) is 0. The summed E-state index contributed by atoms with van der Waals surface area (Å²) < 4.78 is 1.72. The number of carbonyl (C=O) groups is 2. The van der Waals surface area contributed by atoms with Gasteiger partial charge in [0.2, 0.25) is 5.91 Å². The van der Waals surface area contributed by atoms with E-state index >= 15 is 0 Å². The highest BCUT2D eigenvalue weighted by molar-refractivity contribution is 5.86. The maximum Gasteiger partial charge on any atom is 0.326 e. The fourth-order valence-electron chi connectivity index (χ4n) is 3.63. The van der Waals surface area contributed by atoms with Crippen LogP contribution in [0.4, 0.5) is 0 Å². The van der Waals surface area contributed by atoms with E-state index in [1.165, 1.54) is 4.90 Å². The molecule has 4 rings (SSSR count). The minimum Gasteiger partial charge on any atom is -0.480 e. The van der Waals surface area contributed by atoms with E-state index < -0.39 is 12.0 Å². The third-order valence-electron chi connectivity index (χ3n) is 4.96. The lowest BCUT2D eigenvalue weighted by Gasteiger charge is -2.21. The summed E-state index contributed by atoms with van der Waals surface area (Å²) in [4.78, 5) is 25.7. The molecule has 7 heteroatoms. The number of para-hydroxylation sites is 1. The van der Waals surface area contributed by atoms with E-state index in [1.54, 1.807) is 4.68 Å². The highest BCUT2D eigenvalue weighted by Gasteiger charge is 2.34. The Morgan fingerprint density at radius 3 is 2.39 bits per heavy atom. The molecule has 2 heterocycles. The van der Waals surface area contributed by atoms with Gasteiger partial charge in [0, 0.05) is 12.1 Å². The molecule has 0 spiro atoms. The van der Waals surface area contributed by atoms with Gasteiger partial charge in [-0.15, -0.1) is 5.10 Å². The molecular formula is C21H20N4O3. The van der Waals surface area contributed by atoms with Gasteiger partial charge in [0.15, 0.2) is 0 Å². The Hall–Kier alpha value is -3.48. The summed E-state index contributed by atoms with van der Waals surface area (Å²) in [5, 5.41) is 17.9. The normalized spacial score (nSPS) is 16.3. The lowest BCUT2D eigenvalue weighted by Crippen LogP contribution is -2.41. The lowest BCUT2D eigenvalue weighted by molar-refractivity contribution is -0.148. The smallest absolute Gasteiger partial charge is 0.326 e. The third kappa shape index (κ3) is 3.38. The quantitative estimate of drug-likeness (QED) is 0.739. The van der Waals surface area contributed by atoms with Gasteiger partial charge in [-0.2, -0.15) is 0 Å². The van der Waals surface area contributed by atoms with Gasteiger partial charge in [0.1, 0.15) is 11.7 Å². The number of benzene rings is 2. The molecule has 1 atom stereocenters. The molecule has 1 amide bonds. The Kier molecular flexibility index (Phi) is 4.89. The molecular weight excluding hydrogens is 356 g/mol. The molecule has 0 bridgehead atoms. The van der Waals surface area contributed by atoms with E-state index in [9.17, 15) is 14.7 Å². The van der Waals surface area contributed by atoms with Crippen LogP contribution < -0.4 is 0 Å². The number of carboxylic acid groups (broad SMARTS) is 1. The fraction of sp³-hybridized carbons (Fsp3) is 0.238. The average Bonchev–Trinajstić information content (AvgIpc) is 3.37. The van der Waals surface area contributed by atoms with Gasteiger partial charge in [-0.3, -0.25) is 4.79 Å². The Balaban J connectivity index is 1.71. The maximum absolute atomic E-state index is 12.8. The Morgan fingerprint density at radius 1 is 1.04 bits per heavy atom. The summed E-state index contributed by atoms with van der Waals surface area (Å²) in [6.07, 6.45) is 1.20. The highest BCUT2D eigenvalue weighted by atomic mass is 16.4. The number of carboxylic acids is 1. The number of likely N-dealkylation sites (tertiary alicyclic amines) is 1. The summed E-state index contributed by atoms with van der Waals surface area (Å²) in [6.45, 7) is 0.462. The Bertz CT molecular complexity index is 985. The predicted octanol–water partition coefficient (Wildman–Crippen LogP) is 2.55. The minimum atomic E-state index is -0.956. The van der Waals surface area contributed by atoms with Crippen LogP contribution in [-0.4, -0.2) is 49.5 Å². The molecule has 1 aliphatic rings.